The SMILES string of the molecule is CCC(S)C(=O)O.Clc1ccc(-c2ccc(-c3cnco3)cc2)cc1. The molecule has 1 N–H and O–H groups in total. The van der Waals surface area contributed by atoms with Crippen LogP contribution in [0.15, 0.2) is 65.5 Å². The number of thiol groups is 1. The van der Waals surface area contributed by atoms with Crippen molar-refractivity contribution in [3.63, 3.8) is 0 Å². The second-order valence-electron chi connectivity index (χ2n) is 5.21. The molecule has 0 spiro atoms. The Morgan fingerprint density at radius 2 is 1.64 bits per heavy atom. The molecule has 1 heterocycles. The monoisotopic (exact) mass is 375 g/mol. The molecule has 0 amide bonds. The van der Waals surface area contributed by atoms with Crippen molar-refractivity contribution < 1.29 is 14.3 Å². The van der Waals surface area contributed by atoms with E-state index in [1.807, 2.05) is 36.4 Å². The van der Waals surface area contributed by atoms with Gasteiger partial charge < -0.3 is 9.52 Å². The summed E-state index contributed by atoms with van der Waals surface area (Å²) in [7, 11) is 0. The Balaban J connectivity index is 0.000000277. The lowest BCUT2D eigenvalue weighted by molar-refractivity contribution is -0.136. The summed E-state index contributed by atoms with van der Waals surface area (Å²) in [6.07, 6.45) is 3.72. The van der Waals surface area contributed by atoms with Gasteiger partial charge in [0.25, 0.3) is 0 Å². The summed E-state index contributed by atoms with van der Waals surface area (Å²) < 4.78 is 5.25. The molecular formula is C19H18ClNO3S. The number of nitrogens with zero attached hydrogens (tertiary/aromatic N) is 1. The van der Waals surface area contributed by atoms with Crippen LogP contribution in [0.1, 0.15) is 13.3 Å². The van der Waals surface area contributed by atoms with Crippen LogP contribution in [0.5, 0.6) is 0 Å². The van der Waals surface area contributed by atoms with E-state index >= 15 is 0 Å². The number of carbonyl (C=O) groups is 1. The molecule has 1 unspecified atom stereocenters. The molecule has 130 valence electrons. The lowest BCUT2D eigenvalue weighted by atomic mass is 10.0. The molecule has 0 radical (unpaired) electrons. The highest BCUT2D eigenvalue weighted by atomic mass is 35.5. The van der Waals surface area contributed by atoms with Gasteiger partial charge in [0, 0.05) is 10.6 Å². The molecule has 25 heavy (non-hydrogen) atoms. The summed E-state index contributed by atoms with van der Waals surface area (Å²) in [6.45, 7) is 1.78. The van der Waals surface area contributed by atoms with Crippen LogP contribution in [0, 0.1) is 0 Å². The van der Waals surface area contributed by atoms with Gasteiger partial charge in [0.05, 0.1) is 11.4 Å². The largest absolute Gasteiger partial charge is 0.480 e. The van der Waals surface area contributed by atoms with Gasteiger partial charge >= 0.3 is 5.97 Å². The first-order valence-corrected chi connectivity index (χ1v) is 8.56. The van der Waals surface area contributed by atoms with E-state index in [-0.39, 0.29) is 0 Å². The molecule has 0 saturated heterocycles. The minimum Gasteiger partial charge on any atom is -0.480 e. The zero-order valence-electron chi connectivity index (χ0n) is 13.6. The second-order valence-corrected chi connectivity index (χ2v) is 6.27. The molecule has 6 heteroatoms. The van der Waals surface area contributed by atoms with Gasteiger partial charge in [-0.1, -0.05) is 54.9 Å². The number of halogens is 1. The topological polar surface area (TPSA) is 63.3 Å². The van der Waals surface area contributed by atoms with Crippen LogP contribution < -0.4 is 0 Å². The number of rotatable bonds is 4. The Labute approximate surface area is 156 Å². The van der Waals surface area contributed by atoms with Crippen LogP contribution in [0.3, 0.4) is 0 Å². The number of benzene rings is 2. The summed E-state index contributed by atoms with van der Waals surface area (Å²) in [6, 6.07) is 15.9. The van der Waals surface area contributed by atoms with E-state index in [4.69, 9.17) is 21.1 Å². The van der Waals surface area contributed by atoms with E-state index in [1.165, 1.54) is 6.39 Å². The Bertz CT molecular complexity index is 787. The molecule has 1 aromatic heterocycles. The Morgan fingerprint density at radius 1 is 1.12 bits per heavy atom. The summed E-state index contributed by atoms with van der Waals surface area (Å²) in [5, 5.41) is 8.37. The fraction of sp³-hybridized carbons (Fsp3) is 0.158. The predicted molar refractivity (Wildman–Crippen MR) is 103 cm³/mol. The van der Waals surface area contributed by atoms with Crippen molar-refractivity contribution in [1.29, 1.82) is 0 Å². The lowest BCUT2D eigenvalue weighted by Gasteiger charge is -2.03. The van der Waals surface area contributed by atoms with E-state index in [0.29, 0.717) is 6.42 Å². The van der Waals surface area contributed by atoms with Gasteiger partial charge in [-0.25, -0.2) is 4.98 Å². The van der Waals surface area contributed by atoms with Crippen molar-refractivity contribution in [2.45, 2.75) is 18.6 Å². The maximum atomic E-state index is 9.85. The van der Waals surface area contributed by atoms with E-state index in [0.717, 1.165) is 27.5 Å². The standard InChI is InChI=1S/C15H10ClNO.C4H8O2S/c16-14-7-5-12(6-8-14)11-1-3-13(4-2-11)15-9-17-10-18-15;1-2-3(7)4(5)6/h1-10H;3,7H,2H2,1H3,(H,5,6). The van der Waals surface area contributed by atoms with Gasteiger partial charge in [-0.3, -0.25) is 4.79 Å². The van der Waals surface area contributed by atoms with Crippen molar-refractivity contribution in [2.24, 2.45) is 0 Å². The van der Waals surface area contributed by atoms with Crippen LogP contribution >= 0.6 is 24.2 Å². The van der Waals surface area contributed by atoms with E-state index in [1.54, 1.807) is 13.1 Å². The lowest BCUT2D eigenvalue weighted by Crippen LogP contribution is -2.10. The zero-order valence-corrected chi connectivity index (χ0v) is 15.2. The zero-order chi connectivity index (χ0) is 18.2. The van der Waals surface area contributed by atoms with E-state index in [9.17, 15) is 4.79 Å². The van der Waals surface area contributed by atoms with Crippen molar-refractivity contribution in [3.05, 3.63) is 66.1 Å². The highest BCUT2D eigenvalue weighted by molar-refractivity contribution is 7.81. The number of carboxylic acids is 1. The number of aromatic nitrogens is 1. The summed E-state index contributed by atoms with van der Waals surface area (Å²) in [4.78, 5) is 13.8. The first-order chi connectivity index (χ1) is 12.0. The van der Waals surface area contributed by atoms with Gasteiger partial charge in [-0.05, 0) is 29.7 Å². The van der Waals surface area contributed by atoms with Gasteiger partial charge in [0.1, 0.15) is 0 Å². The number of aliphatic carboxylic acids is 1. The van der Waals surface area contributed by atoms with Crippen LogP contribution in [0.25, 0.3) is 22.5 Å². The molecule has 0 aliphatic rings. The smallest absolute Gasteiger partial charge is 0.316 e. The first-order valence-electron chi connectivity index (χ1n) is 7.67. The molecule has 0 saturated carbocycles. The fourth-order valence-electron chi connectivity index (χ4n) is 2.00. The average Bonchev–Trinajstić information content (AvgIpc) is 3.17. The number of hydrogen-bond acceptors (Lipinski definition) is 4. The molecule has 0 bridgehead atoms. The van der Waals surface area contributed by atoms with Gasteiger partial charge in [0.15, 0.2) is 12.2 Å². The molecule has 0 aliphatic heterocycles. The molecule has 4 nitrogen and oxygen atoms in total. The van der Waals surface area contributed by atoms with Gasteiger partial charge in [-0.2, -0.15) is 12.6 Å². The quantitative estimate of drug-likeness (QED) is 0.596. The van der Waals surface area contributed by atoms with E-state index in [2.05, 4.69) is 29.7 Å². The molecular weight excluding hydrogens is 358 g/mol. The summed E-state index contributed by atoms with van der Waals surface area (Å²) >= 11 is 9.60. The van der Waals surface area contributed by atoms with Gasteiger partial charge in [0.2, 0.25) is 0 Å². The molecule has 1 atom stereocenters. The first kappa shape index (κ1) is 19.1. The molecule has 0 aliphatic carbocycles. The number of carboxylic acid groups (broad SMARTS) is 1. The highest BCUT2D eigenvalue weighted by Gasteiger charge is 2.06. The van der Waals surface area contributed by atoms with Gasteiger partial charge in [-0.15, -0.1) is 0 Å². The van der Waals surface area contributed by atoms with Crippen LogP contribution in [0.4, 0.5) is 0 Å². The van der Waals surface area contributed by atoms with Crippen LogP contribution in [-0.4, -0.2) is 21.3 Å². The van der Waals surface area contributed by atoms with Crippen molar-refractivity contribution in [2.75, 3.05) is 0 Å². The molecule has 2 aromatic carbocycles. The number of hydrogen-bond donors (Lipinski definition) is 2. The summed E-state index contributed by atoms with van der Waals surface area (Å²) in [5.41, 5.74) is 3.31. The van der Waals surface area contributed by atoms with Crippen molar-refractivity contribution >= 4 is 30.2 Å². The molecule has 3 aromatic rings. The Morgan fingerprint density at radius 3 is 2.04 bits per heavy atom. The maximum Gasteiger partial charge on any atom is 0.316 e. The number of oxazole rings is 1. The Hall–Kier alpha value is -2.24. The van der Waals surface area contributed by atoms with Crippen LogP contribution in [-0.2, 0) is 4.79 Å². The minimum absolute atomic E-state index is 0.486. The predicted octanol–water partition coefficient (Wildman–Crippen LogP) is 5.44. The molecule has 0 fully saturated rings. The fourth-order valence-corrected chi connectivity index (χ4v) is 2.13. The average molecular weight is 376 g/mol. The summed E-state index contributed by atoms with van der Waals surface area (Å²) in [5.74, 6) is -0.0662. The minimum atomic E-state index is -0.842. The third-order valence-electron chi connectivity index (χ3n) is 3.45. The molecule has 3 rings (SSSR count). The maximum absolute atomic E-state index is 9.85. The normalized spacial score (nSPS) is 11.3. The van der Waals surface area contributed by atoms with E-state index < -0.39 is 11.2 Å². The van der Waals surface area contributed by atoms with Crippen molar-refractivity contribution in [1.82, 2.24) is 4.98 Å². The highest BCUT2D eigenvalue weighted by Crippen LogP contribution is 2.25. The second kappa shape index (κ2) is 9.30. The third-order valence-corrected chi connectivity index (χ3v) is 4.29. The third kappa shape index (κ3) is 5.66. The Kier molecular flexibility index (Phi) is 7.10. The van der Waals surface area contributed by atoms with Crippen molar-refractivity contribution in [3.8, 4) is 22.5 Å². The van der Waals surface area contributed by atoms with Crippen LogP contribution in [0.2, 0.25) is 5.02 Å².